The summed E-state index contributed by atoms with van der Waals surface area (Å²) in [6.07, 6.45) is 1.03. The number of fused-ring (bicyclic) bond motifs is 1. The Bertz CT molecular complexity index is 1540. The zero-order valence-electron chi connectivity index (χ0n) is 23.2. The maximum atomic E-state index is 13.2. The van der Waals surface area contributed by atoms with Gasteiger partial charge in [0.05, 0.1) is 34.2 Å². The van der Waals surface area contributed by atoms with E-state index in [-0.39, 0.29) is 12.1 Å². The molecule has 3 aromatic rings. The number of carbonyl (C=O) groups is 1. The summed E-state index contributed by atoms with van der Waals surface area (Å²) in [6.45, 7) is 12.7. The van der Waals surface area contributed by atoms with Crippen molar-refractivity contribution in [3.63, 3.8) is 0 Å². The van der Waals surface area contributed by atoms with E-state index in [0.717, 1.165) is 5.56 Å². The number of ether oxygens (including phenoxy) is 1. The quantitative estimate of drug-likeness (QED) is 0.442. The molecule has 1 aliphatic rings. The minimum Gasteiger partial charge on any atom is -0.443 e. The maximum absolute atomic E-state index is 13.2. The fraction of sp³-hybridized carbons (Fsp3) is 0.367. The van der Waals surface area contributed by atoms with Gasteiger partial charge in [-0.2, -0.15) is 10.5 Å². The van der Waals surface area contributed by atoms with Crippen LogP contribution in [0.1, 0.15) is 63.8 Å². The van der Waals surface area contributed by atoms with Gasteiger partial charge in [-0.3, -0.25) is 4.90 Å². The van der Waals surface area contributed by atoms with Crippen molar-refractivity contribution in [2.75, 3.05) is 16.8 Å². The van der Waals surface area contributed by atoms with Crippen molar-refractivity contribution in [1.82, 2.24) is 9.97 Å². The fourth-order valence-corrected chi connectivity index (χ4v) is 4.58. The summed E-state index contributed by atoms with van der Waals surface area (Å²) in [5.41, 5.74) is 1.83. The largest absolute Gasteiger partial charge is 0.443 e. The average molecular weight is 525 g/mol. The molecule has 0 bridgehead atoms. The first kappa shape index (κ1) is 27.6. The van der Waals surface area contributed by atoms with Gasteiger partial charge in [0, 0.05) is 29.4 Å². The first-order valence-electron chi connectivity index (χ1n) is 12.6. The zero-order valence-corrected chi connectivity index (χ0v) is 23.2. The van der Waals surface area contributed by atoms with Crippen LogP contribution >= 0.6 is 0 Å². The van der Waals surface area contributed by atoms with Crippen molar-refractivity contribution in [2.24, 2.45) is 0 Å². The number of aromatic nitrogens is 2. The molecule has 0 saturated heterocycles. The number of aryl methyl sites for hydroxylation is 1. The number of amides is 1. The molecule has 1 amide bonds. The fourth-order valence-electron chi connectivity index (χ4n) is 4.58. The Morgan fingerprint density at radius 3 is 2.46 bits per heavy atom. The van der Waals surface area contributed by atoms with E-state index in [0.29, 0.717) is 39.7 Å². The minimum absolute atomic E-state index is 0.143. The number of hydrogen-bond donors (Lipinski definition) is 2. The second kappa shape index (κ2) is 9.68. The van der Waals surface area contributed by atoms with Gasteiger partial charge in [0.25, 0.3) is 0 Å². The summed E-state index contributed by atoms with van der Waals surface area (Å²) in [5.74, 6) is 0.324. The van der Waals surface area contributed by atoms with Crippen molar-refractivity contribution in [1.29, 1.82) is 10.5 Å². The van der Waals surface area contributed by atoms with Crippen LogP contribution in [0.2, 0.25) is 0 Å². The summed E-state index contributed by atoms with van der Waals surface area (Å²) in [5, 5.41) is 33.8. The van der Waals surface area contributed by atoms with Crippen molar-refractivity contribution in [2.45, 2.75) is 65.1 Å². The van der Waals surface area contributed by atoms with Gasteiger partial charge >= 0.3 is 6.09 Å². The molecule has 39 heavy (non-hydrogen) atoms. The molecule has 0 aliphatic carbocycles. The number of nitrogens with one attached hydrogen (secondary N) is 1. The van der Waals surface area contributed by atoms with Crippen LogP contribution in [0.15, 0.2) is 42.6 Å². The van der Waals surface area contributed by atoms with E-state index in [9.17, 15) is 20.4 Å². The van der Waals surface area contributed by atoms with Gasteiger partial charge in [-0.05, 0) is 83.0 Å². The van der Waals surface area contributed by atoms with E-state index in [4.69, 9.17) is 4.74 Å². The lowest BCUT2D eigenvalue weighted by atomic mass is 9.71. The lowest BCUT2D eigenvalue weighted by Crippen LogP contribution is -2.49. The van der Waals surface area contributed by atoms with Crippen LogP contribution in [-0.4, -0.2) is 38.9 Å². The van der Waals surface area contributed by atoms with E-state index >= 15 is 0 Å². The molecule has 2 aromatic carbocycles. The van der Waals surface area contributed by atoms with Crippen molar-refractivity contribution < 1.29 is 14.6 Å². The summed E-state index contributed by atoms with van der Waals surface area (Å²) in [7, 11) is 0. The van der Waals surface area contributed by atoms with Crippen LogP contribution in [0, 0.1) is 29.6 Å². The van der Waals surface area contributed by atoms with E-state index in [1.807, 2.05) is 26.0 Å². The molecule has 0 fully saturated rings. The monoisotopic (exact) mass is 524 g/mol. The maximum Gasteiger partial charge on any atom is 0.414 e. The Kier molecular flexibility index (Phi) is 6.84. The molecule has 0 saturated carbocycles. The molecule has 2 N–H and O–H groups in total. The molecule has 9 nitrogen and oxygen atoms in total. The first-order chi connectivity index (χ1) is 18.2. The summed E-state index contributed by atoms with van der Waals surface area (Å²) >= 11 is 0. The molecule has 9 heteroatoms. The predicted molar refractivity (Wildman–Crippen MR) is 149 cm³/mol. The SMILES string of the molecule is Cc1ccc(C#N)cc1Nc1nccc(-c2cc(C#N)c3c(c2)[C@@](C)(C(C)(C)O)CN3C(=O)OC(C)(C)C)n1. The number of anilines is 3. The molecule has 0 radical (unpaired) electrons. The molecule has 1 aromatic heterocycles. The van der Waals surface area contributed by atoms with Crippen LogP contribution in [0.5, 0.6) is 0 Å². The molecule has 2 heterocycles. The topological polar surface area (TPSA) is 135 Å². The number of nitrogens with zero attached hydrogens (tertiary/aromatic N) is 5. The van der Waals surface area contributed by atoms with Crippen molar-refractivity contribution in [3.05, 3.63) is 64.8 Å². The molecular formula is C30H32N6O3. The third kappa shape index (κ3) is 5.27. The molecule has 1 atom stereocenters. The number of rotatable bonds is 4. The Morgan fingerprint density at radius 1 is 1.13 bits per heavy atom. The highest BCUT2D eigenvalue weighted by molar-refractivity contribution is 5.95. The normalized spacial score (nSPS) is 16.7. The third-order valence-corrected chi connectivity index (χ3v) is 7.10. The molecule has 200 valence electrons. The Balaban J connectivity index is 1.82. The van der Waals surface area contributed by atoms with Gasteiger partial charge in [-0.15, -0.1) is 0 Å². The predicted octanol–water partition coefficient (Wildman–Crippen LogP) is 5.72. The van der Waals surface area contributed by atoms with Gasteiger partial charge in [0.15, 0.2) is 0 Å². The van der Waals surface area contributed by atoms with Gasteiger partial charge in [0.2, 0.25) is 5.95 Å². The number of benzene rings is 2. The van der Waals surface area contributed by atoms with Gasteiger partial charge in [-0.25, -0.2) is 14.8 Å². The lowest BCUT2D eigenvalue weighted by molar-refractivity contribution is 0.00709. The van der Waals surface area contributed by atoms with Crippen LogP contribution in [0.4, 0.5) is 22.1 Å². The van der Waals surface area contributed by atoms with Gasteiger partial charge in [-0.1, -0.05) is 13.0 Å². The van der Waals surface area contributed by atoms with Crippen LogP contribution < -0.4 is 10.2 Å². The standard InChI is InChI=1S/C30H32N6O3/c1-18-8-9-19(15-31)12-24(18)35-26-33-11-10-23(34-26)20-13-21(16-32)25-22(14-20)30(7,29(5,6)38)17-36(25)27(37)39-28(2,3)4/h8-14,38H,17H2,1-7H3,(H,33,34,35)/t30-/m0/s1. The average Bonchev–Trinajstić information content (AvgIpc) is 3.18. The van der Waals surface area contributed by atoms with E-state index in [1.54, 1.807) is 65.1 Å². The highest BCUT2D eigenvalue weighted by Gasteiger charge is 2.52. The zero-order chi connectivity index (χ0) is 28.8. The van der Waals surface area contributed by atoms with Gasteiger partial charge < -0.3 is 15.2 Å². The van der Waals surface area contributed by atoms with E-state index < -0.39 is 22.7 Å². The van der Waals surface area contributed by atoms with Crippen molar-refractivity contribution in [3.8, 4) is 23.4 Å². The van der Waals surface area contributed by atoms with Crippen molar-refractivity contribution >= 4 is 23.4 Å². The number of carbonyl (C=O) groups excluding carboxylic acids is 1. The minimum atomic E-state index is -1.23. The van der Waals surface area contributed by atoms with Crippen LogP contribution in [0.3, 0.4) is 0 Å². The summed E-state index contributed by atoms with van der Waals surface area (Å²) < 4.78 is 5.64. The molecule has 4 rings (SSSR count). The molecule has 0 spiro atoms. The lowest BCUT2D eigenvalue weighted by Gasteiger charge is -2.38. The Morgan fingerprint density at radius 2 is 1.85 bits per heavy atom. The molecular weight excluding hydrogens is 492 g/mol. The van der Waals surface area contributed by atoms with E-state index in [1.165, 1.54) is 4.90 Å². The number of nitriles is 2. The highest BCUT2D eigenvalue weighted by Crippen LogP contribution is 2.50. The number of aliphatic hydroxyl groups is 1. The molecule has 0 unspecified atom stereocenters. The summed E-state index contributed by atoms with van der Waals surface area (Å²) in [6, 6.07) is 15.0. The van der Waals surface area contributed by atoms with E-state index in [2.05, 4.69) is 27.4 Å². The first-order valence-corrected chi connectivity index (χ1v) is 12.6. The second-order valence-corrected chi connectivity index (χ2v) is 11.5. The number of hydrogen-bond acceptors (Lipinski definition) is 8. The van der Waals surface area contributed by atoms with Crippen LogP contribution in [-0.2, 0) is 10.2 Å². The molecule has 1 aliphatic heterocycles. The smallest absolute Gasteiger partial charge is 0.414 e. The van der Waals surface area contributed by atoms with Crippen LogP contribution in [0.25, 0.3) is 11.3 Å². The van der Waals surface area contributed by atoms with Gasteiger partial charge in [0.1, 0.15) is 11.7 Å². The second-order valence-electron chi connectivity index (χ2n) is 11.5. The summed E-state index contributed by atoms with van der Waals surface area (Å²) in [4.78, 5) is 23.7. The third-order valence-electron chi connectivity index (χ3n) is 7.10. The Labute approximate surface area is 228 Å². The highest BCUT2D eigenvalue weighted by atomic mass is 16.6. The Hall–Kier alpha value is -4.47.